The third-order valence-corrected chi connectivity index (χ3v) is 4.73. The average Bonchev–Trinajstić information content (AvgIpc) is 2.99. The van der Waals surface area contributed by atoms with Crippen molar-refractivity contribution in [1.82, 2.24) is 9.78 Å². The quantitative estimate of drug-likeness (QED) is 0.619. The lowest BCUT2D eigenvalue weighted by molar-refractivity contribution is -0.123. The molecule has 3 aromatic rings. The molecule has 0 radical (unpaired) electrons. The molecular formula is C22H22ClN3O3. The van der Waals surface area contributed by atoms with Crippen LogP contribution in [0.5, 0.6) is 0 Å². The number of hydrogen-bond donors (Lipinski definition) is 2. The highest BCUT2D eigenvalue weighted by Gasteiger charge is 2.24. The SMILES string of the molecule is Cc1c(C(=O)O)c(-c2cccc(NC(=O)C(C)(C)C)c2)nn1-c1ccc(Cl)cc1. The normalized spacial score (nSPS) is 11.3. The lowest BCUT2D eigenvalue weighted by Gasteiger charge is -2.17. The Morgan fingerprint density at radius 3 is 2.34 bits per heavy atom. The third kappa shape index (κ3) is 4.32. The van der Waals surface area contributed by atoms with Gasteiger partial charge in [0.1, 0.15) is 11.3 Å². The van der Waals surface area contributed by atoms with Gasteiger partial charge in [0.25, 0.3) is 0 Å². The van der Waals surface area contributed by atoms with Gasteiger partial charge < -0.3 is 10.4 Å². The van der Waals surface area contributed by atoms with Crippen LogP contribution in [-0.4, -0.2) is 26.8 Å². The molecule has 6 nitrogen and oxygen atoms in total. The summed E-state index contributed by atoms with van der Waals surface area (Å²) in [7, 11) is 0. The van der Waals surface area contributed by atoms with Gasteiger partial charge in [-0.05, 0) is 43.3 Å². The van der Waals surface area contributed by atoms with Gasteiger partial charge in [0, 0.05) is 21.7 Å². The first-order valence-electron chi connectivity index (χ1n) is 9.08. The van der Waals surface area contributed by atoms with Crippen molar-refractivity contribution in [3.05, 3.63) is 64.8 Å². The lowest BCUT2D eigenvalue weighted by atomic mass is 9.95. The van der Waals surface area contributed by atoms with E-state index in [2.05, 4.69) is 10.4 Å². The number of halogens is 1. The first kappa shape index (κ1) is 20.6. The number of anilines is 1. The molecule has 1 heterocycles. The molecule has 0 atom stereocenters. The maximum absolute atomic E-state index is 12.3. The van der Waals surface area contributed by atoms with Gasteiger partial charge in [-0.3, -0.25) is 4.79 Å². The minimum Gasteiger partial charge on any atom is -0.478 e. The first-order chi connectivity index (χ1) is 13.6. The van der Waals surface area contributed by atoms with Gasteiger partial charge in [-0.15, -0.1) is 0 Å². The van der Waals surface area contributed by atoms with Crippen LogP contribution in [0.2, 0.25) is 5.02 Å². The molecule has 0 unspecified atom stereocenters. The average molecular weight is 412 g/mol. The van der Waals surface area contributed by atoms with Gasteiger partial charge in [-0.1, -0.05) is 44.5 Å². The first-order valence-corrected chi connectivity index (χ1v) is 9.46. The lowest BCUT2D eigenvalue weighted by Crippen LogP contribution is -2.27. The van der Waals surface area contributed by atoms with Gasteiger partial charge >= 0.3 is 5.97 Å². The van der Waals surface area contributed by atoms with Crippen LogP contribution in [0.4, 0.5) is 5.69 Å². The van der Waals surface area contributed by atoms with Gasteiger partial charge in [0.05, 0.1) is 11.4 Å². The summed E-state index contributed by atoms with van der Waals surface area (Å²) in [6.45, 7) is 7.18. The fraction of sp³-hybridized carbons (Fsp3) is 0.227. The second-order valence-electron chi connectivity index (χ2n) is 7.79. The molecule has 2 N–H and O–H groups in total. The van der Waals surface area contributed by atoms with Gasteiger partial charge in [-0.25, -0.2) is 9.48 Å². The smallest absolute Gasteiger partial charge is 0.339 e. The Morgan fingerprint density at radius 1 is 1.10 bits per heavy atom. The zero-order valence-corrected chi connectivity index (χ0v) is 17.4. The molecule has 0 bridgehead atoms. The van der Waals surface area contributed by atoms with Crippen molar-refractivity contribution in [1.29, 1.82) is 0 Å². The van der Waals surface area contributed by atoms with E-state index in [0.717, 1.165) is 0 Å². The highest BCUT2D eigenvalue weighted by molar-refractivity contribution is 6.30. The predicted octanol–water partition coefficient (Wildman–Crippen LogP) is 5.18. The Bertz CT molecular complexity index is 1080. The van der Waals surface area contributed by atoms with E-state index in [0.29, 0.717) is 33.3 Å². The van der Waals surface area contributed by atoms with Crippen LogP contribution in [0.15, 0.2) is 48.5 Å². The predicted molar refractivity (Wildman–Crippen MR) is 114 cm³/mol. The molecule has 0 saturated carbocycles. The largest absolute Gasteiger partial charge is 0.478 e. The van der Waals surface area contributed by atoms with Crippen molar-refractivity contribution in [2.75, 3.05) is 5.32 Å². The van der Waals surface area contributed by atoms with E-state index in [1.165, 1.54) is 0 Å². The van der Waals surface area contributed by atoms with Crippen LogP contribution in [0, 0.1) is 12.3 Å². The molecule has 29 heavy (non-hydrogen) atoms. The number of amides is 1. The standard InChI is InChI=1S/C22H22ClN3O3/c1-13-18(20(27)28)19(25-26(13)17-10-8-15(23)9-11-17)14-6-5-7-16(12-14)24-21(29)22(2,3)4/h5-12H,1-4H3,(H,24,29)(H,27,28). The fourth-order valence-electron chi connectivity index (χ4n) is 2.86. The number of carboxylic acids is 1. The van der Waals surface area contributed by atoms with Gasteiger partial charge in [-0.2, -0.15) is 5.10 Å². The fourth-order valence-corrected chi connectivity index (χ4v) is 2.98. The zero-order valence-electron chi connectivity index (χ0n) is 16.7. The molecule has 1 aromatic heterocycles. The Hall–Kier alpha value is -3.12. The molecule has 0 aliphatic rings. The van der Waals surface area contributed by atoms with E-state index in [1.54, 1.807) is 60.1 Å². The summed E-state index contributed by atoms with van der Waals surface area (Å²) in [5.74, 6) is -1.20. The van der Waals surface area contributed by atoms with Crippen molar-refractivity contribution in [3.63, 3.8) is 0 Å². The van der Waals surface area contributed by atoms with Crippen LogP contribution in [0.25, 0.3) is 16.9 Å². The summed E-state index contributed by atoms with van der Waals surface area (Å²) in [5, 5.41) is 17.8. The van der Waals surface area contributed by atoms with Gasteiger partial charge in [0.2, 0.25) is 5.91 Å². The van der Waals surface area contributed by atoms with Crippen molar-refractivity contribution in [2.45, 2.75) is 27.7 Å². The number of nitrogens with zero attached hydrogens (tertiary/aromatic N) is 2. The van der Waals surface area contributed by atoms with Crippen LogP contribution < -0.4 is 5.32 Å². The summed E-state index contributed by atoms with van der Waals surface area (Å²) in [5.41, 5.74) is 2.28. The minimum atomic E-state index is -1.07. The highest BCUT2D eigenvalue weighted by Crippen LogP contribution is 2.30. The number of aromatic nitrogens is 2. The van der Waals surface area contributed by atoms with E-state index < -0.39 is 11.4 Å². The van der Waals surface area contributed by atoms with E-state index in [4.69, 9.17) is 11.6 Å². The summed E-state index contributed by atoms with van der Waals surface area (Å²) in [6.07, 6.45) is 0. The number of carbonyl (C=O) groups is 2. The van der Waals surface area contributed by atoms with E-state index in [-0.39, 0.29) is 11.5 Å². The minimum absolute atomic E-state index is 0.110. The molecule has 0 fully saturated rings. The van der Waals surface area contributed by atoms with Crippen LogP contribution >= 0.6 is 11.6 Å². The Labute approximate surface area is 174 Å². The molecule has 2 aromatic carbocycles. The van der Waals surface area contributed by atoms with Crippen molar-refractivity contribution in [3.8, 4) is 16.9 Å². The number of hydrogen-bond acceptors (Lipinski definition) is 3. The topological polar surface area (TPSA) is 84.2 Å². The Balaban J connectivity index is 2.08. The zero-order chi connectivity index (χ0) is 21.3. The summed E-state index contributed by atoms with van der Waals surface area (Å²) < 4.78 is 1.58. The van der Waals surface area contributed by atoms with E-state index in [9.17, 15) is 14.7 Å². The molecule has 0 aliphatic heterocycles. The summed E-state index contributed by atoms with van der Waals surface area (Å²) >= 11 is 5.95. The number of nitrogens with one attached hydrogen (secondary N) is 1. The molecular weight excluding hydrogens is 390 g/mol. The number of carboxylic acid groups (broad SMARTS) is 1. The summed E-state index contributed by atoms with van der Waals surface area (Å²) in [4.78, 5) is 24.3. The number of benzene rings is 2. The van der Waals surface area contributed by atoms with Crippen molar-refractivity contribution >= 4 is 29.2 Å². The maximum Gasteiger partial charge on any atom is 0.339 e. The Kier molecular flexibility index (Phi) is 5.48. The molecule has 0 saturated heterocycles. The Morgan fingerprint density at radius 2 is 1.76 bits per heavy atom. The molecule has 1 amide bonds. The van der Waals surface area contributed by atoms with Crippen molar-refractivity contribution < 1.29 is 14.7 Å². The molecule has 7 heteroatoms. The van der Waals surface area contributed by atoms with Gasteiger partial charge in [0.15, 0.2) is 0 Å². The van der Waals surface area contributed by atoms with E-state index in [1.807, 2.05) is 20.8 Å². The van der Waals surface area contributed by atoms with Crippen LogP contribution in [-0.2, 0) is 4.79 Å². The van der Waals surface area contributed by atoms with Crippen LogP contribution in [0.1, 0.15) is 36.8 Å². The second kappa shape index (κ2) is 7.72. The monoisotopic (exact) mass is 411 g/mol. The second-order valence-corrected chi connectivity index (χ2v) is 8.22. The molecule has 150 valence electrons. The van der Waals surface area contributed by atoms with Crippen LogP contribution in [0.3, 0.4) is 0 Å². The number of rotatable bonds is 4. The maximum atomic E-state index is 12.3. The van der Waals surface area contributed by atoms with E-state index >= 15 is 0 Å². The molecule has 0 spiro atoms. The molecule has 0 aliphatic carbocycles. The van der Waals surface area contributed by atoms with Crippen molar-refractivity contribution in [2.24, 2.45) is 5.41 Å². The third-order valence-electron chi connectivity index (χ3n) is 4.48. The number of carbonyl (C=O) groups excluding carboxylic acids is 1. The number of aromatic carboxylic acids is 1. The highest BCUT2D eigenvalue weighted by atomic mass is 35.5. The summed E-state index contributed by atoms with van der Waals surface area (Å²) in [6, 6.07) is 14.0. The molecule has 3 rings (SSSR count).